The minimum Gasteiger partial charge on any atom is -0.392 e. The standard InChI is InChI=1S/C26H40N2O2/c29-19-21-17-26(30)13-8-4-1-2-5-9-14-27-16-12-23(21)25(20-27)18-22-11-7-3-6-10-15-28(22)24(25)26/h1,4,7,11,17,22-24,29-30H,2-3,5-6,8-10,12-16,18-20H2/b4-1-,11-7-/t22-,23+,24-,25+,26+/m0/s1. The lowest BCUT2D eigenvalue weighted by atomic mass is 9.55. The fourth-order valence-corrected chi connectivity index (χ4v) is 7.66. The van der Waals surface area contributed by atoms with E-state index in [2.05, 4.69) is 40.2 Å². The van der Waals surface area contributed by atoms with Crippen molar-refractivity contribution in [2.24, 2.45) is 11.3 Å². The van der Waals surface area contributed by atoms with Gasteiger partial charge in [0.15, 0.2) is 0 Å². The van der Waals surface area contributed by atoms with Gasteiger partial charge in [-0.1, -0.05) is 24.3 Å². The Bertz CT molecular complexity index is 716. The maximum atomic E-state index is 12.2. The van der Waals surface area contributed by atoms with Gasteiger partial charge in [-0.3, -0.25) is 4.90 Å². The van der Waals surface area contributed by atoms with E-state index in [1.54, 1.807) is 0 Å². The van der Waals surface area contributed by atoms with Gasteiger partial charge >= 0.3 is 0 Å². The van der Waals surface area contributed by atoms with E-state index in [4.69, 9.17) is 0 Å². The van der Waals surface area contributed by atoms with Crippen LogP contribution in [-0.2, 0) is 0 Å². The lowest BCUT2D eigenvalue weighted by Gasteiger charge is -2.58. The van der Waals surface area contributed by atoms with Crippen molar-refractivity contribution in [1.29, 1.82) is 0 Å². The molecule has 1 aliphatic carbocycles. The summed E-state index contributed by atoms with van der Waals surface area (Å²) < 4.78 is 0. The summed E-state index contributed by atoms with van der Waals surface area (Å²) in [6.07, 6.45) is 22.8. The third-order valence-corrected chi connectivity index (χ3v) is 8.74. The number of hydrogen-bond acceptors (Lipinski definition) is 4. The second kappa shape index (κ2) is 8.54. The van der Waals surface area contributed by atoms with E-state index >= 15 is 0 Å². The van der Waals surface area contributed by atoms with E-state index < -0.39 is 5.60 Å². The molecule has 5 rings (SSSR count). The fourth-order valence-electron chi connectivity index (χ4n) is 7.66. The monoisotopic (exact) mass is 412 g/mol. The molecule has 4 heterocycles. The molecule has 2 saturated heterocycles. The van der Waals surface area contributed by atoms with Crippen LogP contribution < -0.4 is 0 Å². The molecule has 1 spiro atoms. The van der Waals surface area contributed by atoms with Crippen molar-refractivity contribution >= 4 is 0 Å². The Morgan fingerprint density at radius 1 is 0.967 bits per heavy atom. The first-order valence-electron chi connectivity index (χ1n) is 12.5. The van der Waals surface area contributed by atoms with Gasteiger partial charge in [-0.2, -0.15) is 0 Å². The Morgan fingerprint density at radius 3 is 2.63 bits per heavy atom. The Labute approximate surface area is 182 Å². The molecule has 0 aromatic rings. The minimum absolute atomic E-state index is 0.0525. The topological polar surface area (TPSA) is 46.9 Å². The van der Waals surface area contributed by atoms with Crippen LogP contribution >= 0.6 is 0 Å². The molecule has 166 valence electrons. The number of nitrogens with zero attached hydrogens (tertiary/aromatic N) is 2. The number of aliphatic hydroxyl groups is 2. The number of fused-ring (bicyclic) bond motifs is 2. The molecule has 6 atom stereocenters. The van der Waals surface area contributed by atoms with E-state index in [0.717, 1.165) is 57.3 Å². The first kappa shape index (κ1) is 20.9. The maximum absolute atomic E-state index is 12.2. The number of allylic oxidation sites excluding steroid dienone is 3. The molecule has 2 N–H and O–H groups in total. The molecule has 5 aliphatic rings. The number of rotatable bonds is 1. The number of hydrogen-bond donors (Lipinski definition) is 2. The molecule has 3 bridgehead atoms. The molecule has 0 aromatic heterocycles. The van der Waals surface area contributed by atoms with E-state index in [0.29, 0.717) is 12.0 Å². The number of aliphatic hydroxyl groups excluding tert-OH is 1. The van der Waals surface area contributed by atoms with Gasteiger partial charge < -0.3 is 15.1 Å². The van der Waals surface area contributed by atoms with Gasteiger partial charge in [-0.25, -0.2) is 0 Å². The Morgan fingerprint density at radius 2 is 1.77 bits per heavy atom. The molecule has 0 radical (unpaired) electrons. The zero-order valence-electron chi connectivity index (χ0n) is 18.5. The fraction of sp³-hybridized carbons (Fsp3) is 0.769. The average Bonchev–Trinajstić information content (AvgIpc) is 3.01. The van der Waals surface area contributed by atoms with Gasteiger partial charge in [0.05, 0.1) is 18.2 Å². The van der Waals surface area contributed by atoms with Crippen molar-refractivity contribution < 1.29 is 10.2 Å². The first-order valence-corrected chi connectivity index (χ1v) is 12.5. The summed E-state index contributed by atoms with van der Waals surface area (Å²) in [6, 6.07) is 0.592. The summed E-state index contributed by atoms with van der Waals surface area (Å²) in [6.45, 7) is 4.57. The lowest BCUT2D eigenvalue weighted by Crippen LogP contribution is -2.66. The van der Waals surface area contributed by atoms with E-state index in [-0.39, 0.29) is 18.1 Å². The van der Waals surface area contributed by atoms with E-state index in [1.165, 1.54) is 38.6 Å². The van der Waals surface area contributed by atoms with Gasteiger partial charge in [0.1, 0.15) is 0 Å². The molecule has 0 amide bonds. The van der Waals surface area contributed by atoms with Crippen LogP contribution in [0.3, 0.4) is 0 Å². The van der Waals surface area contributed by atoms with Crippen molar-refractivity contribution in [3.8, 4) is 0 Å². The smallest absolute Gasteiger partial charge is 0.0995 e. The molecule has 30 heavy (non-hydrogen) atoms. The van der Waals surface area contributed by atoms with Crippen LogP contribution in [0.2, 0.25) is 0 Å². The van der Waals surface area contributed by atoms with Gasteiger partial charge in [-0.05, 0) is 101 Å². The van der Waals surface area contributed by atoms with Crippen molar-refractivity contribution in [2.75, 3.05) is 32.8 Å². The third-order valence-electron chi connectivity index (χ3n) is 8.74. The number of piperidine rings is 1. The zero-order chi connectivity index (χ0) is 20.6. The zero-order valence-corrected chi connectivity index (χ0v) is 18.5. The summed E-state index contributed by atoms with van der Waals surface area (Å²) in [5.41, 5.74) is 0.320. The van der Waals surface area contributed by atoms with Gasteiger partial charge in [-0.15, -0.1) is 0 Å². The molecule has 4 nitrogen and oxygen atoms in total. The van der Waals surface area contributed by atoms with Crippen molar-refractivity contribution in [2.45, 2.75) is 81.9 Å². The Balaban J connectivity index is 1.62. The van der Waals surface area contributed by atoms with Crippen molar-refractivity contribution in [3.63, 3.8) is 0 Å². The second-order valence-electron chi connectivity index (χ2n) is 10.6. The van der Waals surface area contributed by atoms with Crippen LogP contribution in [0.1, 0.15) is 64.2 Å². The van der Waals surface area contributed by atoms with Crippen LogP contribution in [0.25, 0.3) is 0 Å². The molecule has 4 aliphatic heterocycles. The van der Waals surface area contributed by atoms with Gasteiger partial charge in [0, 0.05) is 18.0 Å². The minimum atomic E-state index is -0.849. The molecule has 2 fully saturated rings. The first-order chi connectivity index (χ1) is 14.7. The largest absolute Gasteiger partial charge is 0.392 e. The molecule has 1 unspecified atom stereocenters. The molecule has 0 aromatic carbocycles. The highest BCUT2D eigenvalue weighted by Crippen LogP contribution is 2.59. The third kappa shape index (κ3) is 3.54. The highest BCUT2D eigenvalue weighted by Gasteiger charge is 2.65. The summed E-state index contributed by atoms with van der Waals surface area (Å²) in [5.74, 6) is 0.409. The van der Waals surface area contributed by atoms with Gasteiger partial charge in [0.25, 0.3) is 0 Å². The van der Waals surface area contributed by atoms with Crippen LogP contribution in [0.4, 0.5) is 0 Å². The molecule has 0 saturated carbocycles. The molecular formula is C26H40N2O2. The van der Waals surface area contributed by atoms with Crippen LogP contribution in [0.15, 0.2) is 36.0 Å². The normalized spacial score (nSPS) is 46.8. The Hall–Kier alpha value is -0.940. The quantitative estimate of drug-likeness (QED) is 0.645. The van der Waals surface area contributed by atoms with Gasteiger partial charge in [0.2, 0.25) is 0 Å². The van der Waals surface area contributed by atoms with Crippen LogP contribution in [0, 0.1) is 11.3 Å². The average molecular weight is 413 g/mol. The van der Waals surface area contributed by atoms with Crippen molar-refractivity contribution in [1.82, 2.24) is 9.80 Å². The van der Waals surface area contributed by atoms with E-state index in [9.17, 15) is 10.2 Å². The summed E-state index contributed by atoms with van der Waals surface area (Å²) >= 11 is 0. The summed E-state index contributed by atoms with van der Waals surface area (Å²) in [5, 5.41) is 22.6. The molecular weight excluding hydrogens is 372 g/mol. The summed E-state index contributed by atoms with van der Waals surface area (Å²) in [4.78, 5) is 5.37. The van der Waals surface area contributed by atoms with E-state index in [1.807, 2.05) is 0 Å². The highest BCUT2D eigenvalue weighted by molar-refractivity contribution is 5.34. The lowest BCUT2D eigenvalue weighted by molar-refractivity contribution is -0.0985. The van der Waals surface area contributed by atoms with Crippen molar-refractivity contribution in [3.05, 3.63) is 36.0 Å². The SMILES string of the molecule is OCC1=C[C@]2(O)CC/C=C\CCCCN3CC[C@H]1[C@@]1(C[C@@H]4/C=C\CCCCN4[C@@H]12)C3. The second-order valence-corrected chi connectivity index (χ2v) is 10.6. The predicted octanol–water partition coefficient (Wildman–Crippen LogP) is 3.66. The molecule has 4 heteroatoms. The predicted molar refractivity (Wildman–Crippen MR) is 121 cm³/mol. The highest BCUT2D eigenvalue weighted by atomic mass is 16.3. The summed E-state index contributed by atoms with van der Waals surface area (Å²) in [7, 11) is 0. The Kier molecular flexibility index (Phi) is 5.96. The maximum Gasteiger partial charge on any atom is 0.0995 e. The van der Waals surface area contributed by atoms with Crippen LogP contribution in [0.5, 0.6) is 0 Å². The van der Waals surface area contributed by atoms with Crippen LogP contribution in [-0.4, -0.2) is 70.5 Å².